The van der Waals surface area contributed by atoms with Crippen molar-refractivity contribution in [2.75, 3.05) is 13.1 Å². The monoisotopic (exact) mass is 197 g/mol. The van der Waals surface area contributed by atoms with E-state index in [9.17, 15) is 13.2 Å². The Morgan fingerprint density at radius 1 is 1.00 bits per heavy atom. The second kappa shape index (κ2) is 7.18. The van der Waals surface area contributed by atoms with Gasteiger partial charge in [-0.25, -0.2) is 0 Å². The summed E-state index contributed by atoms with van der Waals surface area (Å²) in [6.45, 7) is 1.73. The largest absolute Gasteiger partial charge is 0.401 e. The molecule has 0 spiro atoms. The van der Waals surface area contributed by atoms with Crippen LogP contribution in [0.5, 0.6) is 0 Å². The van der Waals surface area contributed by atoms with Gasteiger partial charge in [0, 0.05) is 0 Å². The highest BCUT2D eigenvalue weighted by Gasteiger charge is 2.25. The highest BCUT2D eigenvalue weighted by molar-refractivity contribution is 4.55. The van der Waals surface area contributed by atoms with Gasteiger partial charge in [0.25, 0.3) is 0 Å². The van der Waals surface area contributed by atoms with Gasteiger partial charge < -0.3 is 5.32 Å². The van der Waals surface area contributed by atoms with E-state index in [0.29, 0.717) is 6.54 Å². The molecule has 0 aliphatic heterocycles. The summed E-state index contributed by atoms with van der Waals surface area (Å²) in [4.78, 5) is 0. The van der Waals surface area contributed by atoms with Crippen molar-refractivity contribution in [3.63, 3.8) is 0 Å². The predicted octanol–water partition coefficient (Wildman–Crippen LogP) is 3.11. The zero-order chi connectivity index (χ0) is 10.2. The number of hydrogen-bond acceptors (Lipinski definition) is 1. The summed E-state index contributed by atoms with van der Waals surface area (Å²) >= 11 is 0. The van der Waals surface area contributed by atoms with Gasteiger partial charge in [0.05, 0.1) is 6.54 Å². The van der Waals surface area contributed by atoms with Crippen LogP contribution in [-0.4, -0.2) is 19.3 Å². The third-order valence-corrected chi connectivity index (χ3v) is 1.78. The molecule has 0 heterocycles. The molecule has 0 atom stereocenters. The quantitative estimate of drug-likeness (QED) is 0.618. The Kier molecular flexibility index (Phi) is 7.04. The van der Waals surface area contributed by atoms with Gasteiger partial charge in [0.15, 0.2) is 0 Å². The van der Waals surface area contributed by atoms with E-state index < -0.39 is 12.7 Å². The van der Waals surface area contributed by atoms with E-state index in [-0.39, 0.29) is 0 Å². The molecule has 0 fully saturated rings. The Bertz CT molecular complexity index is 112. The maximum Gasteiger partial charge on any atom is 0.401 e. The summed E-state index contributed by atoms with van der Waals surface area (Å²) in [6.07, 6.45) is 1.28. The first-order valence-corrected chi connectivity index (χ1v) is 4.83. The van der Waals surface area contributed by atoms with Crippen LogP contribution in [0.15, 0.2) is 0 Å². The first kappa shape index (κ1) is 12.8. The van der Waals surface area contributed by atoms with Crippen molar-refractivity contribution in [3.8, 4) is 0 Å². The SMILES string of the molecule is CCCCCCCNCC(F)(F)F. The van der Waals surface area contributed by atoms with E-state index in [1.54, 1.807) is 0 Å². The molecule has 13 heavy (non-hydrogen) atoms. The van der Waals surface area contributed by atoms with Crippen LogP contribution in [0.3, 0.4) is 0 Å². The van der Waals surface area contributed by atoms with E-state index in [4.69, 9.17) is 0 Å². The molecule has 0 saturated carbocycles. The van der Waals surface area contributed by atoms with Crippen molar-refractivity contribution in [2.45, 2.75) is 45.2 Å². The van der Waals surface area contributed by atoms with Crippen LogP contribution < -0.4 is 5.32 Å². The molecular formula is C9H18F3N. The van der Waals surface area contributed by atoms with Gasteiger partial charge in [0.1, 0.15) is 0 Å². The van der Waals surface area contributed by atoms with E-state index in [2.05, 4.69) is 12.2 Å². The van der Waals surface area contributed by atoms with Crippen molar-refractivity contribution >= 4 is 0 Å². The fraction of sp³-hybridized carbons (Fsp3) is 1.00. The smallest absolute Gasteiger partial charge is 0.309 e. The first-order chi connectivity index (χ1) is 6.06. The summed E-state index contributed by atoms with van der Waals surface area (Å²) in [6, 6.07) is 0. The molecule has 0 aromatic rings. The summed E-state index contributed by atoms with van der Waals surface area (Å²) in [7, 11) is 0. The van der Waals surface area contributed by atoms with E-state index in [1.807, 2.05) is 0 Å². The van der Waals surface area contributed by atoms with Crippen molar-refractivity contribution in [1.82, 2.24) is 5.32 Å². The molecule has 1 N–H and O–H groups in total. The van der Waals surface area contributed by atoms with E-state index in [0.717, 1.165) is 25.7 Å². The molecule has 0 bridgehead atoms. The van der Waals surface area contributed by atoms with Crippen LogP contribution in [0.2, 0.25) is 0 Å². The third kappa shape index (κ3) is 11.8. The molecule has 0 radical (unpaired) electrons. The molecule has 0 saturated heterocycles. The van der Waals surface area contributed by atoms with Crippen molar-refractivity contribution in [2.24, 2.45) is 0 Å². The van der Waals surface area contributed by atoms with Gasteiger partial charge in [-0.2, -0.15) is 13.2 Å². The highest BCUT2D eigenvalue weighted by atomic mass is 19.4. The minimum atomic E-state index is -4.07. The molecule has 80 valence electrons. The fourth-order valence-corrected chi connectivity index (χ4v) is 1.08. The normalized spacial score (nSPS) is 12.0. The molecule has 0 aliphatic rings. The van der Waals surface area contributed by atoms with Gasteiger partial charge >= 0.3 is 6.18 Å². The molecule has 1 nitrogen and oxygen atoms in total. The number of rotatable bonds is 7. The van der Waals surface area contributed by atoms with Crippen LogP contribution in [0.25, 0.3) is 0 Å². The van der Waals surface area contributed by atoms with Gasteiger partial charge in [-0.05, 0) is 13.0 Å². The summed E-state index contributed by atoms with van der Waals surface area (Å²) < 4.78 is 34.9. The van der Waals surface area contributed by atoms with Crippen LogP contribution in [-0.2, 0) is 0 Å². The highest BCUT2D eigenvalue weighted by Crippen LogP contribution is 2.12. The molecule has 0 unspecified atom stereocenters. The Morgan fingerprint density at radius 3 is 2.15 bits per heavy atom. The molecule has 0 aliphatic carbocycles. The average molecular weight is 197 g/mol. The number of alkyl halides is 3. The van der Waals surface area contributed by atoms with Crippen molar-refractivity contribution < 1.29 is 13.2 Å². The van der Waals surface area contributed by atoms with Gasteiger partial charge in [0.2, 0.25) is 0 Å². The third-order valence-electron chi connectivity index (χ3n) is 1.78. The van der Waals surface area contributed by atoms with Crippen LogP contribution in [0, 0.1) is 0 Å². The van der Waals surface area contributed by atoms with Crippen LogP contribution in [0.1, 0.15) is 39.0 Å². The zero-order valence-corrected chi connectivity index (χ0v) is 8.08. The molecule has 0 aromatic carbocycles. The van der Waals surface area contributed by atoms with Crippen LogP contribution in [0.4, 0.5) is 13.2 Å². The number of hydrogen-bond donors (Lipinski definition) is 1. The zero-order valence-electron chi connectivity index (χ0n) is 8.08. The Balaban J connectivity index is 3.00. The molecule has 4 heteroatoms. The second-order valence-electron chi connectivity index (χ2n) is 3.21. The number of halogens is 3. The lowest BCUT2D eigenvalue weighted by Gasteiger charge is -2.07. The minimum absolute atomic E-state index is 0.475. The maximum absolute atomic E-state index is 11.6. The Labute approximate surface area is 77.7 Å². The average Bonchev–Trinajstić information content (AvgIpc) is 2.01. The van der Waals surface area contributed by atoms with E-state index in [1.165, 1.54) is 6.42 Å². The summed E-state index contributed by atoms with van der Waals surface area (Å²) in [5.41, 5.74) is 0. The lowest BCUT2D eigenvalue weighted by atomic mass is 10.1. The Hall–Kier alpha value is -0.250. The molecule has 0 rings (SSSR count). The topological polar surface area (TPSA) is 12.0 Å². The maximum atomic E-state index is 11.6. The number of nitrogens with one attached hydrogen (secondary N) is 1. The lowest BCUT2D eigenvalue weighted by molar-refractivity contribution is -0.124. The van der Waals surface area contributed by atoms with Crippen LogP contribution >= 0.6 is 0 Å². The van der Waals surface area contributed by atoms with E-state index >= 15 is 0 Å². The van der Waals surface area contributed by atoms with Crippen molar-refractivity contribution in [1.29, 1.82) is 0 Å². The minimum Gasteiger partial charge on any atom is -0.309 e. The van der Waals surface area contributed by atoms with Crippen molar-refractivity contribution in [3.05, 3.63) is 0 Å². The first-order valence-electron chi connectivity index (χ1n) is 4.83. The molecule has 0 amide bonds. The Morgan fingerprint density at radius 2 is 1.62 bits per heavy atom. The lowest BCUT2D eigenvalue weighted by Crippen LogP contribution is -2.29. The fourth-order valence-electron chi connectivity index (χ4n) is 1.08. The van der Waals surface area contributed by atoms with Gasteiger partial charge in [-0.3, -0.25) is 0 Å². The molecular weight excluding hydrogens is 179 g/mol. The second-order valence-corrected chi connectivity index (χ2v) is 3.21. The predicted molar refractivity (Wildman–Crippen MR) is 47.7 cm³/mol. The standard InChI is InChI=1S/C9H18F3N/c1-2-3-4-5-6-7-13-8-9(10,11)12/h13H,2-8H2,1H3. The molecule has 0 aromatic heterocycles. The number of unbranched alkanes of at least 4 members (excludes halogenated alkanes) is 4. The van der Waals surface area contributed by atoms with Gasteiger partial charge in [-0.15, -0.1) is 0 Å². The summed E-state index contributed by atoms with van der Waals surface area (Å²) in [5.74, 6) is 0. The van der Waals surface area contributed by atoms with Gasteiger partial charge in [-0.1, -0.05) is 32.6 Å². The summed E-state index contributed by atoms with van der Waals surface area (Å²) in [5, 5.41) is 2.38.